The van der Waals surface area contributed by atoms with Crippen LogP contribution in [0.1, 0.15) is 126 Å². The lowest BCUT2D eigenvalue weighted by Gasteiger charge is -2.42. The van der Waals surface area contributed by atoms with E-state index in [1.165, 1.54) is 12.0 Å². The average molecular weight is 958 g/mol. The standard InChI is InChI=1S/C53H83NO14/c1-34(26-38(5)45(58)33-63-8)16-12-11-13-17-36(3)47(64-9)30-42-21-19-40(7)53(62,68-42)50(59)51(60)54-23-15-14-18-43(54)52(61)67-48(31-44(57)37(4)27-35(2)32-56)39(6)28-41-20-22-46(66-25-24-55)49(29-41)65-10/h11-13,16-17,27,32,34,37-43,46-49,55,62H,14-15,18-26,28-31,33H2,1-10H3/b13-11+,16-12+,35-27+,36-17+/t34-,37-,38-,39-,40-,41+,42+,43+,46-,47+,48+,49-,53-/m1/s1. The summed E-state index contributed by atoms with van der Waals surface area (Å²) < 4.78 is 34.8. The fraction of sp³-hybridized carbons (Fsp3) is 0.736. The number of aldehydes is 1. The number of aliphatic hydroxyl groups is 2. The Hall–Kier alpha value is -3.70. The first kappa shape index (κ1) is 58.6. The van der Waals surface area contributed by atoms with E-state index < -0.39 is 59.6 Å². The van der Waals surface area contributed by atoms with Crippen LogP contribution >= 0.6 is 0 Å². The Morgan fingerprint density at radius 1 is 0.897 bits per heavy atom. The topological polar surface area (TPSA) is 201 Å². The molecule has 1 amide bonds. The number of ether oxygens (including phenoxy) is 6. The van der Waals surface area contributed by atoms with Gasteiger partial charge in [0.1, 0.15) is 30.8 Å². The van der Waals surface area contributed by atoms with E-state index in [0.29, 0.717) is 63.2 Å². The molecule has 3 fully saturated rings. The largest absolute Gasteiger partial charge is 0.460 e. The normalized spacial score (nSPS) is 27.9. The predicted octanol–water partition coefficient (Wildman–Crippen LogP) is 6.65. The molecule has 3 aliphatic rings. The number of methoxy groups -OCH3 is 3. The molecule has 15 nitrogen and oxygen atoms in total. The number of ketones is 3. The Labute approximate surface area is 405 Å². The van der Waals surface area contributed by atoms with Gasteiger partial charge in [0.15, 0.2) is 5.78 Å². The number of piperidine rings is 1. The summed E-state index contributed by atoms with van der Waals surface area (Å²) in [7, 11) is 4.72. The Morgan fingerprint density at radius 2 is 1.63 bits per heavy atom. The molecule has 68 heavy (non-hydrogen) atoms. The second kappa shape index (κ2) is 29.5. The number of carbonyl (C=O) groups is 6. The fourth-order valence-corrected chi connectivity index (χ4v) is 9.81. The van der Waals surface area contributed by atoms with Gasteiger partial charge in [-0.3, -0.25) is 24.0 Å². The number of likely N-dealkylation sites (tertiary alicyclic amines) is 1. The first-order valence-electron chi connectivity index (χ1n) is 24.8. The number of carbonyl (C=O) groups excluding carboxylic acids is 6. The van der Waals surface area contributed by atoms with E-state index in [1.54, 1.807) is 41.1 Å². The molecule has 0 spiro atoms. The first-order chi connectivity index (χ1) is 32.3. The van der Waals surface area contributed by atoms with Gasteiger partial charge in [0.25, 0.3) is 11.7 Å². The lowest BCUT2D eigenvalue weighted by molar-refractivity contribution is -0.265. The third-order valence-electron chi connectivity index (χ3n) is 14.1. The fourth-order valence-electron chi connectivity index (χ4n) is 9.81. The number of amides is 1. The van der Waals surface area contributed by atoms with Crippen molar-refractivity contribution in [1.29, 1.82) is 0 Å². The number of Topliss-reactive ketones (excluding diaryl/α,β-unsaturated/α-hetero) is 3. The van der Waals surface area contributed by atoms with E-state index in [0.717, 1.165) is 18.4 Å². The van der Waals surface area contributed by atoms with E-state index >= 15 is 0 Å². The minimum absolute atomic E-state index is 0.0787. The number of nitrogens with zero attached hydrogens (tertiary/aromatic N) is 1. The van der Waals surface area contributed by atoms with E-state index in [4.69, 9.17) is 28.4 Å². The highest BCUT2D eigenvalue weighted by Crippen LogP contribution is 2.38. The second-order valence-electron chi connectivity index (χ2n) is 19.7. The molecule has 384 valence electrons. The van der Waals surface area contributed by atoms with Crippen molar-refractivity contribution in [2.75, 3.05) is 47.7 Å². The Balaban J connectivity index is 1.74. The number of allylic oxidation sites excluding steroid dienone is 7. The molecule has 1 aliphatic carbocycles. The van der Waals surface area contributed by atoms with Gasteiger partial charge in [-0.2, -0.15) is 0 Å². The summed E-state index contributed by atoms with van der Waals surface area (Å²) in [5.74, 6) is -6.83. The monoisotopic (exact) mass is 958 g/mol. The molecule has 1 saturated carbocycles. The average Bonchev–Trinajstić information content (AvgIpc) is 3.32. The third-order valence-corrected chi connectivity index (χ3v) is 14.1. The van der Waals surface area contributed by atoms with Crippen LogP contribution in [-0.2, 0) is 57.2 Å². The van der Waals surface area contributed by atoms with Crippen LogP contribution in [0.25, 0.3) is 0 Å². The number of hydrogen-bond donors (Lipinski definition) is 2. The number of hydrogen-bond acceptors (Lipinski definition) is 14. The smallest absolute Gasteiger partial charge is 0.329 e. The molecular weight excluding hydrogens is 875 g/mol. The molecule has 2 saturated heterocycles. The minimum atomic E-state index is -2.44. The van der Waals surface area contributed by atoms with Crippen molar-refractivity contribution < 1.29 is 67.4 Å². The number of rotatable bonds is 28. The molecule has 0 radical (unpaired) electrons. The van der Waals surface area contributed by atoms with Crippen LogP contribution in [0, 0.1) is 35.5 Å². The molecule has 2 aliphatic heterocycles. The van der Waals surface area contributed by atoms with Gasteiger partial charge in [-0.15, -0.1) is 0 Å². The lowest BCUT2D eigenvalue weighted by atomic mass is 9.78. The summed E-state index contributed by atoms with van der Waals surface area (Å²) in [5, 5.41) is 21.2. The Bertz CT molecular complexity index is 1770. The molecular formula is C53H83NO14. The van der Waals surface area contributed by atoms with Gasteiger partial charge >= 0.3 is 5.97 Å². The number of aliphatic hydroxyl groups excluding tert-OH is 1. The summed E-state index contributed by atoms with van der Waals surface area (Å²) >= 11 is 0. The quantitative estimate of drug-likeness (QED) is 0.0277. The predicted molar refractivity (Wildman–Crippen MR) is 257 cm³/mol. The maximum Gasteiger partial charge on any atom is 0.329 e. The van der Waals surface area contributed by atoms with Gasteiger partial charge in [-0.25, -0.2) is 4.79 Å². The Kier molecular flexibility index (Phi) is 25.4. The molecule has 3 rings (SSSR count). The summed E-state index contributed by atoms with van der Waals surface area (Å²) in [6.07, 6.45) is 15.7. The molecule has 13 atom stereocenters. The first-order valence-corrected chi connectivity index (χ1v) is 24.8. The molecule has 2 heterocycles. The van der Waals surface area contributed by atoms with Crippen molar-refractivity contribution in [2.24, 2.45) is 35.5 Å². The van der Waals surface area contributed by atoms with Gasteiger partial charge in [-0.05, 0) is 107 Å². The highest BCUT2D eigenvalue weighted by Gasteiger charge is 2.53. The highest BCUT2D eigenvalue weighted by atomic mass is 16.6. The zero-order valence-electron chi connectivity index (χ0n) is 42.5. The van der Waals surface area contributed by atoms with E-state index in [1.807, 2.05) is 51.2 Å². The second-order valence-corrected chi connectivity index (χ2v) is 19.7. The van der Waals surface area contributed by atoms with Crippen molar-refractivity contribution in [3.63, 3.8) is 0 Å². The maximum atomic E-state index is 14.3. The molecule has 0 aromatic heterocycles. The van der Waals surface area contributed by atoms with Gasteiger partial charge in [0.05, 0.1) is 37.6 Å². The van der Waals surface area contributed by atoms with Crippen LogP contribution in [0.15, 0.2) is 47.6 Å². The van der Waals surface area contributed by atoms with Crippen molar-refractivity contribution >= 4 is 35.5 Å². The maximum absolute atomic E-state index is 14.3. The minimum Gasteiger partial charge on any atom is -0.460 e. The van der Waals surface area contributed by atoms with Gasteiger partial charge in [0.2, 0.25) is 5.79 Å². The lowest BCUT2D eigenvalue weighted by Crippen LogP contribution is -2.61. The van der Waals surface area contributed by atoms with Crippen LogP contribution in [0.3, 0.4) is 0 Å². The molecule has 0 aromatic rings. The zero-order chi connectivity index (χ0) is 50.6. The molecule has 0 bridgehead atoms. The van der Waals surface area contributed by atoms with Gasteiger partial charge < -0.3 is 43.5 Å². The van der Waals surface area contributed by atoms with Gasteiger partial charge in [0, 0.05) is 58.5 Å². The summed E-state index contributed by atoms with van der Waals surface area (Å²) in [6.45, 7) is 13.1. The van der Waals surface area contributed by atoms with Crippen molar-refractivity contribution in [1.82, 2.24) is 4.90 Å². The van der Waals surface area contributed by atoms with Crippen molar-refractivity contribution in [3.8, 4) is 0 Å². The van der Waals surface area contributed by atoms with Crippen LogP contribution in [0.2, 0.25) is 0 Å². The molecule has 15 heteroatoms. The van der Waals surface area contributed by atoms with Crippen molar-refractivity contribution in [2.45, 2.75) is 168 Å². The van der Waals surface area contributed by atoms with E-state index in [9.17, 15) is 39.0 Å². The summed E-state index contributed by atoms with van der Waals surface area (Å²) in [5.41, 5.74) is 1.30. The SMILES string of the molecule is COCC(=O)[C@H](C)C[C@H](C)/C=C/C=C/C=C(\C)[C@H](C[C@@H]1CC[C@@H](C)[C@](O)(C(=O)C(=O)N2CCCC[C@H]2C(=O)O[C@@H](CC(=O)[C@H](C)/C=C(\C)C=O)[C@H](C)C[C@@H]2CC[C@@H](OCCO)[C@H](OC)C2)O1)OC. The summed E-state index contributed by atoms with van der Waals surface area (Å²) in [6, 6.07) is -1.12. The van der Waals surface area contributed by atoms with E-state index in [2.05, 4.69) is 6.92 Å². The highest BCUT2D eigenvalue weighted by molar-refractivity contribution is 6.39. The Morgan fingerprint density at radius 3 is 2.29 bits per heavy atom. The zero-order valence-corrected chi connectivity index (χ0v) is 42.5. The van der Waals surface area contributed by atoms with E-state index in [-0.39, 0.29) is 86.7 Å². The number of esters is 1. The molecule has 2 N–H and O–H groups in total. The van der Waals surface area contributed by atoms with Crippen molar-refractivity contribution in [3.05, 3.63) is 47.6 Å². The molecule has 0 aromatic carbocycles. The molecule has 0 unspecified atom stereocenters. The van der Waals surface area contributed by atoms with Crippen LogP contribution in [-0.4, -0.2) is 141 Å². The van der Waals surface area contributed by atoms with Crippen LogP contribution < -0.4 is 0 Å². The summed E-state index contributed by atoms with van der Waals surface area (Å²) in [4.78, 5) is 81.0. The third kappa shape index (κ3) is 17.6. The van der Waals surface area contributed by atoms with Crippen LogP contribution in [0.4, 0.5) is 0 Å². The van der Waals surface area contributed by atoms with Crippen LogP contribution in [0.5, 0.6) is 0 Å². The van der Waals surface area contributed by atoms with Gasteiger partial charge in [-0.1, -0.05) is 71.1 Å².